The Kier molecular flexibility index (Phi) is 3.21. The van der Waals surface area contributed by atoms with Crippen LogP contribution in [0.2, 0.25) is 0 Å². The fraction of sp³-hybridized carbons (Fsp3) is 0. The van der Waals surface area contributed by atoms with E-state index in [1.54, 1.807) is 24.3 Å². The SMILES string of the molecule is N#Cc1cccc(/C=N/NC(=O)O)c1. The monoisotopic (exact) mass is 189 g/mol. The molecule has 0 saturated heterocycles. The van der Waals surface area contributed by atoms with Gasteiger partial charge in [0.2, 0.25) is 0 Å². The third-order valence-electron chi connectivity index (χ3n) is 1.39. The quantitative estimate of drug-likeness (QED) is 0.540. The van der Waals surface area contributed by atoms with Gasteiger partial charge in [-0.2, -0.15) is 10.4 Å². The van der Waals surface area contributed by atoms with Crippen LogP contribution in [-0.2, 0) is 0 Å². The van der Waals surface area contributed by atoms with Crippen LogP contribution in [0.25, 0.3) is 0 Å². The summed E-state index contributed by atoms with van der Waals surface area (Å²) in [5, 5.41) is 20.2. The summed E-state index contributed by atoms with van der Waals surface area (Å²) < 4.78 is 0. The molecular formula is C9H7N3O2. The molecule has 0 aromatic heterocycles. The molecular weight excluding hydrogens is 182 g/mol. The van der Waals surface area contributed by atoms with Crippen LogP contribution in [0.5, 0.6) is 0 Å². The summed E-state index contributed by atoms with van der Waals surface area (Å²) >= 11 is 0. The van der Waals surface area contributed by atoms with Crippen LogP contribution < -0.4 is 5.43 Å². The molecule has 0 atom stereocenters. The van der Waals surface area contributed by atoms with Crippen molar-refractivity contribution in [3.63, 3.8) is 0 Å². The Hall–Kier alpha value is -2.35. The number of nitrogens with zero attached hydrogens (tertiary/aromatic N) is 2. The number of hydrogen-bond acceptors (Lipinski definition) is 3. The number of rotatable bonds is 2. The predicted molar refractivity (Wildman–Crippen MR) is 49.9 cm³/mol. The number of nitriles is 1. The number of amides is 1. The van der Waals surface area contributed by atoms with Crippen molar-refractivity contribution >= 4 is 12.3 Å². The molecule has 0 aliphatic heterocycles. The lowest BCUT2D eigenvalue weighted by Gasteiger charge is -1.93. The van der Waals surface area contributed by atoms with Gasteiger partial charge in [-0.25, -0.2) is 10.2 Å². The van der Waals surface area contributed by atoms with Crippen molar-refractivity contribution in [2.75, 3.05) is 0 Å². The van der Waals surface area contributed by atoms with Crippen LogP contribution in [0.1, 0.15) is 11.1 Å². The molecule has 0 aliphatic carbocycles. The molecule has 0 bridgehead atoms. The van der Waals surface area contributed by atoms with E-state index in [0.29, 0.717) is 11.1 Å². The molecule has 0 fully saturated rings. The topological polar surface area (TPSA) is 85.5 Å². The second-order valence-corrected chi connectivity index (χ2v) is 2.41. The van der Waals surface area contributed by atoms with Gasteiger partial charge in [-0.15, -0.1) is 0 Å². The molecule has 0 unspecified atom stereocenters. The first-order valence-electron chi connectivity index (χ1n) is 3.74. The number of benzene rings is 1. The molecule has 14 heavy (non-hydrogen) atoms. The molecule has 5 nitrogen and oxygen atoms in total. The van der Waals surface area contributed by atoms with Gasteiger partial charge in [-0.3, -0.25) is 0 Å². The first-order valence-corrected chi connectivity index (χ1v) is 3.74. The van der Waals surface area contributed by atoms with E-state index in [4.69, 9.17) is 10.4 Å². The van der Waals surface area contributed by atoms with Gasteiger partial charge in [0.15, 0.2) is 0 Å². The van der Waals surface area contributed by atoms with Crippen LogP contribution in [0, 0.1) is 11.3 Å². The highest BCUT2D eigenvalue weighted by Crippen LogP contribution is 2.00. The van der Waals surface area contributed by atoms with E-state index >= 15 is 0 Å². The normalized spacial score (nSPS) is 9.64. The van der Waals surface area contributed by atoms with E-state index in [1.807, 2.05) is 11.5 Å². The Balaban J connectivity index is 2.72. The van der Waals surface area contributed by atoms with E-state index in [-0.39, 0.29) is 0 Å². The highest BCUT2D eigenvalue weighted by Gasteiger charge is 1.92. The van der Waals surface area contributed by atoms with E-state index in [9.17, 15) is 4.79 Å². The standard InChI is InChI=1S/C9H7N3O2/c10-5-7-2-1-3-8(4-7)6-11-12-9(13)14/h1-4,6,12H,(H,13,14)/b11-6+. The van der Waals surface area contributed by atoms with E-state index in [1.165, 1.54) is 6.21 Å². The van der Waals surface area contributed by atoms with Gasteiger partial charge in [-0.05, 0) is 17.7 Å². The first-order chi connectivity index (χ1) is 6.72. The third-order valence-corrected chi connectivity index (χ3v) is 1.39. The summed E-state index contributed by atoms with van der Waals surface area (Å²) in [6.07, 6.45) is 0.104. The van der Waals surface area contributed by atoms with E-state index in [0.717, 1.165) is 0 Å². The maximum absolute atomic E-state index is 10.0. The van der Waals surface area contributed by atoms with Gasteiger partial charge in [0.25, 0.3) is 0 Å². The first kappa shape index (κ1) is 9.74. The maximum Gasteiger partial charge on any atom is 0.425 e. The van der Waals surface area contributed by atoms with Gasteiger partial charge in [0, 0.05) is 0 Å². The number of hydrogen-bond donors (Lipinski definition) is 2. The van der Waals surface area contributed by atoms with Crippen LogP contribution in [-0.4, -0.2) is 17.4 Å². The predicted octanol–water partition coefficient (Wildman–Crippen LogP) is 1.16. The average molecular weight is 189 g/mol. The molecule has 0 radical (unpaired) electrons. The number of nitrogens with one attached hydrogen (secondary N) is 1. The van der Waals surface area contributed by atoms with E-state index < -0.39 is 6.09 Å². The molecule has 0 heterocycles. The Bertz CT molecular complexity index is 407. The average Bonchev–Trinajstić information content (AvgIpc) is 2.18. The van der Waals surface area contributed by atoms with E-state index in [2.05, 4.69) is 5.10 Å². The second-order valence-electron chi connectivity index (χ2n) is 2.41. The lowest BCUT2D eigenvalue weighted by Crippen LogP contribution is -2.13. The Morgan fingerprint density at radius 2 is 2.43 bits per heavy atom. The van der Waals surface area contributed by atoms with Crippen LogP contribution >= 0.6 is 0 Å². The second kappa shape index (κ2) is 4.62. The van der Waals surface area contributed by atoms with Gasteiger partial charge in [0.05, 0.1) is 17.8 Å². The Morgan fingerprint density at radius 1 is 1.64 bits per heavy atom. The molecule has 0 aliphatic rings. The molecule has 2 N–H and O–H groups in total. The van der Waals surface area contributed by atoms with Crippen molar-refractivity contribution in [2.45, 2.75) is 0 Å². The summed E-state index contributed by atoms with van der Waals surface area (Å²) in [4.78, 5) is 10.0. The Labute approximate surface area is 80.3 Å². The molecule has 1 aromatic rings. The molecule has 5 heteroatoms. The van der Waals surface area contributed by atoms with Crippen molar-refractivity contribution in [3.05, 3.63) is 35.4 Å². The zero-order valence-electron chi connectivity index (χ0n) is 7.14. The molecule has 1 rings (SSSR count). The summed E-state index contributed by atoms with van der Waals surface area (Å²) in [6, 6.07) is 8.64. The van der Waals surface area contributed by atoms with Gasteiger partial charge >= 0.3 is 6.09 Å². The largest absolute Gasteiger partial charge is 0.464 e. The minimum absolute atomic E-state index is 0.504. The van der Waals surface area contributed by atoms with Gasteiger partial charge < -0.3 is 5.11 Å². The maximum atomic E-state index is 10.0. The summed E-state index contributed by atoms with van der Waals surface area (Å²) in [5.74, 6) is 0. The van der Waals surface area contributed by atoms with Crippen molar-refractivity contribution in [3.8, 4) is 6.07 Å². The number of carbonyl (C=O) groups is 1. The fourth-order valence-electron chi connectivity index (χ4n) is 0.851. The van der Waals surface area contributed by atoms with Crippen molar-refractivity contribution in [1.82, 2.24) is 5.43 Å². The fourth-order valence-corrected chi connectivity index (χ4v) is 0.851. The number of carboxylic acid groups (broad SMARTS) is 1. The van der Waals surface area contributed by atoms with Crippen molar-refractivity contribution < 1.29 is 9.90 Å². The number of hydrazone groups is 1. The lowest BCUT2D eigenvalue weighted by molar-refractivity contribution is 0.195. The van der Waals surface area contributed by atoms with Gasteiger partial charge in [0.1, 0.15) is 0 Å². The molecule has 0 spiro atoms. The molecule has 70 valence electrons. The summed E-state index contributed by atoms with van der Waals surface area (Å²) in [5.41, 5.74) is 3.00. The smallest absolute Gasteiger partial charge is 0.425 e. The molecule has 1 aromatic carbocycles. The highest BCUT2D eigenvalue weighted by molar-refractivity contribution is 5.81. The highest BCUT2D eigenvalue weighted by atomic mass is 16.4. The summed E-state index contributed by atoms with van der Waals surface area (Å²) in [6.45, 7) is 0. The van der Waals surface area contributed by atoms with Crippen molar-refractivity contribution in [2.24, 2.45) is 5.10 Å². The molecule has 0 saturated carbocycles. The van der Waals surface area contributed by atoms with Crippen molar-refractivity contribution in [1.29, 1.82) is 5.26 Å². The minimum Gasteiger partial charge on any atom is -0.464 e. The third kappa shape index (κ3) is 2.95. The van der Waals surface area contributed by atoms with Crippen LogP contribution in [0.4, 0.5) is 4.79 Å². The van der Waals surface area contributed by atoms with Gasteiger partial charge in [-0.1, -0.05) is 12.1 Å². The lowest BCUT2D eigenvalue weighted by atomic mass is 10.1. The zero-order valence-corrected chi connectivity index (χ0v) is 7.14. The molecule has 1 amide bonds. The summed E-state index contributed by atoms with van der Waals surface area (Å²) in [7, 11) is 0. The minimum atomic E-state index is -1.22. The Morgan fingerprint density at radius 3 is 3.07 bits per heavy atom. The zero-order chi connectivity index (χ0) is 10.4. The van der Waals surface area contributed by atoms with Crippen LogP contribution in [0.15, 0.2) is 29.4 Å². The van der Waals surface area contributed by atoms with Crippen LogP contribution in [0.3, 0.4) is 0 Å².